The molecule has 0 spiro atoms. The van der Waals surface area contributed by atoms with E-state index in [1.54, 1.807) is 0 Å². The molecule has 1 saturated carbocycles. The van der Waals surface area contributed by atoms with E-state index in [0.29, 0.717) is 0 Å². The van der Waals surface area contributed by atoms with Crippen molar-refractivity contribution >= 4 is 28.3 Å². The van der Waals surface area contributed by atoms with Gasteiger partial charge in [-0.05, 0) is 31.0 Å². The van der Waals surface area contributed by atoms with Crippen LogP contribution in [0.4, 0.5) is 0 Å². The van der Waals surface area contributed by atoms with Crippen molar-refractivity contribution in [2.75, 3.05) is 13.7 Å². The molecule has 0 saturated heterocycles. The van der Waals surface area contributed by atoms with Crippen molar-refractivity contribution in [3.05, 3.63) is 23.8 Å². The molecule has 5 N–H and O–H groups in total. The van der Waals surface area contributed by atoms with Crippen molar-refractivity contribution in [2.45, 2.75) is 49.0 Å². The monoisotopic (exact) mass is 391 g/mol. The molecule has 0 bridgehead atoms. The van der Waals surface area contributed by atoms with Gasteiger partial charge in [0.2, 0.25) is 10.0 Å². The van der Waals surface area contributed by atoms with Gasteiger partial charge in [0.05, 0.1) is 17.6 Å². The summed E-state index contributed by atoms with van der Waals surface area (Å²) in [5, 5.41) is 0. The van der Waals surface area contributed by atoms with Crippen LogP contribution in [0.1, 0.15) is 48.9 Å². The fraction of sp³-hybridized carbons (Fsp3) is 0.562. The summed E-state index contributed by atoms with van der Waals surface area (Å²) in [7, 11) is -2.40. The second kappa shape index (κ2) is 8.84. The van der Waals surface area contributed by atoms with Crippen molar-refractivity contribution in [3.8, 4) is 5.75 Å². The van der Waals surface area contributed by atoms with Gasteiger partial charge in [-0.2, -0.15) is 0 Å². The Morgan fingerprint density at radius 3 is 2.36 bits per heavy atom. The highest BCUT2D eigenvalue weighted by molar-refractivity contribution is 7.89. The lowest BCUT2D eigenvalue weighted by Crippen LogP contribution is -2.49. The number of carbonyl (C=O) groups is 1. The molecule has 0 aliphatic heterocycles. The van der Waals surface area contributed by atoms with Crippen LogP contribution in [-0.2, 0) is 10.0 Å². The summed E-state index contributed by atoms with van der Waals surface area (Å²) in [5.41, 5.74) is 11.1. The fourth-order valence-corrected chi connectivity index (χ4v) is 4.14. The Hall–Kier alpha value is -1.35. The molecule has 0 unspecified atom stereocenters. The van der Waals surface area contributed by atoms with Crippen LogP contribution in [0, 0.1) is 0 Å². The van der Waals surface area contributed by atoms with E-state index in [4.69, 9.17) is 16.2 Å². The zero-order valence-corrected chi connectivity index (χ0v) is 15.9. The van der Waals surface area contributed by atoms with Crippen molar-refractivity contribution in [3.63, 3.8) is 0 Å². The maximum absolute atomic E-state index is 12.5. The molecule has 1 fully saturated rings. The Balaban J connectivity index is 0.00000312. The van der Waals surface area contributed by atoms with E-state index in [1.165, 1.54) is 25.3 Å². The number of carbonyl (C=O) groups excluding carboxylic acids is 1. The van der Waals surface area contributed by atoms with Crippen molar-refractivity contribution in [1.82, 2.24) is 4.72 Å². The maximum atomic E-state index is 12.5. The Kier molecular flexibility index (Phi) is 7.67. The second-order valence-electron chi connectivity index (χ2n) is 6.33. The van der Waals surface area contributed by atoms with Crippen LogP contribution in [0.5, 0.6) is 5.75 Å². The zero-order valence-electron chi connectivity index (χ0n) is 14.3. The number of rotatable bonds is 6. The van der Waals surface area contributed by atoms with Gasteiger partial charge in [-0.3, -0.25) is 4.79 Å². The minimum atomic E-state index is -3.78. The molecule has 0 atom stereocenters. The number of benzene rings is 1. The standard InChI is InChI=1S/C16H25N3O4S.ClH/c1-23-14-7-6-12(10-13(14)15(17)20)24(21,22)19-11-16(18)8-4-2-3-5-9-16;/h6-7,10,19H,2-5,8-9,11,18H2,1H3,(H2,17,20);1H. The molecule has 1 aromatic rings. The molecule has 1 aromatic carbocycles. The molecular weight excluding hydrogens is 366 g/mol. The minimum Gasteiger partial charge on any atom is -0.496 e. The molecule has 25 heavy (non-hydrogen) atoms. The largest absolute Gasteiger partial charge is 0.496 e. The number of nitrogens with one attached hydrogen (secondary N) is 1. The third-order valence-electron chi connectivity index (χ3n) is 4.46. The first-order chi connectivity index (χ1) is 11.3. The number of methoxy groups -OCH3 is 1. The van der Waals surface area contributed by atoms with Crippen LogP contribution in [0.2, 0.25) is 0 Å². The summed E-state index contributed by atoms with van der Waals surface area (Å²) in [6.07, 6.45) is 5.87. The number of nitrogens with two attached hydrogens (primary N) is 2. The Morgan fingerprint density at radius 2 is 1.84 bits per heavy atom. The Bertz CT molecular complexity index is 701. The van der Waals surface area contributed by atoms with Crippen LogP contribution in [0.3, 0.4) is 0 Å². The number of primary amides is 1. The van der Waals surface area contributed by atoms with Gasteiger partial charge < -0.3 is 16.2 Å². The van der Waals surface area contributed by atoms with Gasteiger partial charge in [-0.1, -0.05) is 25.7 Å². The Morgan fingerprint density at radius 1 is 1.24 bits per heavy atom. The van der Waals surface area contributed by atoms with E-state index in [9.17, 15) is 13.2 Å². The van der Waals surface area contributed by atoms with E-state index in [2.05, 4.69) is 4.72 Å². The molecule has 2 rings (SSSR count). The summed E-state index contributed by atoms with van der Waals surface area (Å²) in [4.78, 5) is 11.4. The quantitative estimate of drug-likeness (QED) is 0.634. The number of ether oxygens (including phenoxy) is 1. The first kappa shape index (κ1) is 21.7. The number of hydrogen-bond acceptors (Lipinski definition) is 5. The minimum absolute atomic E-state index is 0. The third-order valence-corrected chi connectivity index (χ3v) is 5.86. The molecule has 0 aromatic heterocycles. The van der Waals surface area contributed by atoms with E-state index in [0.717, 1.165) is 38.5 Å². The predicted octanol–water partition coefficient (Wildman–Crippen LogP) is 1.55. The van der Waals surface area contributed by atoms with Gasteiger partial charge in [0.1, 0.15) is 5.75 Å². The molecule has 0 radical (unpaired) electrons. The second-order valence-corrected chi connectivity index (χ2v) is 8.09. The van der Waals surface area contributed by atoms with Crippen LogP contribution >= 0.6 is 12.4 Å². The van der Waals surface area contributed by atoms with Gasteiger partial charge in [0.15, 0.2) is 0 Å². The lowest BCUT2D eigenvalue weighted by molar-refractivity contribution is 0.0997. The summed E-state index contributed by atoms with van der Waals surface area (Å²) < 4.78 is 32.6. The summed E-state index contributed by atoms with van der Waals surface area (Å²) in [5.74, 6) is -0.511. The van der Waals surface area contributed by atoms with Crippen LogP contribution in [-0.4, -0.2) is 33.5 Å². The van der Waals surface area contributed by atoms with E-state index < -0.39 is 21.5 Å². The molecule has 142 valence electrons. The van der Waals surface area contributed by atoms with E-state index in [1.807, 2.05) is 0 Å². The normalized spacial score (nSPS) is 17.2. The van der Waals surface area contributed by atoms with Gasteiger partial charge in [0, 0.05) is 12.1 Å². The van der Waals surface area contributed by atoms with Gasteiger partial charge in [0.25, 0.3) is 5.91 Å². The first-order valence-corrected chi connectivity index (χ1v) is 9.52. The number of amides is 1. The summed E-state index contributed by atoms with van der Waals surface area (Å²) in [6.45, 7) is 0.174. The molecule has 1 aliphatic carbocycles. The average Bonchev–Trinajstić information content (AvgIpc) is 2.77. The van der Waals surface area contributed by atoms with Gasteiger partial charge >= 0.3 is 0 Å². The van der Waals surface area contributed by atoms with Gasteiger partial charge in [-0.25, -0.2) is 13.1 Å². The fourth-order valence-electron chi connectivity index (χ4n) is 2.98. The van der Waals surface area contributed by atoms with E-state index in [-0.39, 0.29) is 35.2 Å². The number of hydrogen-bond donors (Lipinski definition) is 3. The summed E-state index contributed by atoms with van der Waals surface area (Å²) in [6, 6.07) is 4.02. The van der Waals surface area contributed by atoms with Crippen molar-refractivity contribution < 1.29 is 17.9 Å². The SMILES string of the molecule is COc1ccc(S(=O)(=O)NCC2(N)CCCCCC2)cc1C(N)=O.Cl. The summed E-state index contributed by atoms with van der Waals surface area (Å²) >= 11 is 0. The number of halogens is 1. The van der Waals surface area contributed by atoms with Crippen molar-refractivity contribution in [1.29, 1.82) is 0 Å². The molecular formula is C16H26ClN3O4S. The van der Waals surface area contributed by atoms with Crippen LogP contribution in [0.15, 0.2) is 23.1 Å². The highest BCUT2D eigenvalue weighted by Gasteiger charge is 2.28. The molecule has 9 heteroatoms. The number of sulfonamides is 1. The zero-order chi connectivity index (χ0) is 17.8. The lowest BCUT2D eigenvalue weighted by Gasteiger charge is -2.28. The molecule has 7 nitrogen and oxygen atoms in total. The Labute approximate surface area is 154 Å². The predicted molar refractivity (Wildman–Crippen MR) is 98.6 cm³/mol. The highest BCUT2D eigenvalue weighted by Crippen LogP contribution is 2.26. The smallest absolute Gasteiger partial charge is 0.252 e. The van der Waals surface area contributed by atoms with Crippen LogP contribution < -0.4 is 20.9 Å². The third kappa shape index (κ3) is 5.57. The van der Waals surface area contributed by atoms with E-state index >= 15 is 0 Å². The van der Waals surface area contributed by atoms with Gasteiger partial charge in [-0.15, -0.1) is 12.4 Å². The average molecular weight is 392 g/mol. The molecule has 1 amide bonds. The maximum Gasteiger partial charge on any atom is 0.252 e. The first-order valence-electron chi connectivity index (χ1n) is 8.04. The topological polar surface area (TPSA) is 125 Å². The molecule has 0 heterocycles. The van der Waals surface area contributed by atoms with Crippen LogP contribution in [0.25, 0.3) is 0 Å². The van der Waals surface area contributed by atoms with Crippen molar-refractivity contribution in [2.24, 2.45) is 11.5 Å². The highest BCUT2D eigenvalue weighted by atomic mass is 35.5. The molecule has 1 aliphatic rings. The lowest BCUT2D eigenvalue weighted by atomic mass is 9.92.